The molecule has 4 nitrogen and oxygen atoms in total. The molecule has 0 spiro atoms. The van der Waals surface area contributed by atoms with Crippen LogP contribution < -0.4 is 10.6 Å². The lowest BCUT2D eigenvalue weighted by Gasteiger charge is -2.17. The summed E-state index contributed by atoms with van der Waals surface area (Å²) in [6.07, 6.45) is 2.29. The van der Waals surface area contributed by atoms with Gasteiger partial charge in [-0.3, -0.25) is 0 Å². The first-order valence-corrected chi connectivity index (χ1v) is 5.19. The number of aromatic nitrogens is 2. The Morgan fingerprint density at radius 3 is 2.53 bits per heavy atom. The number of hydrogen-bond acceptors (Lipinski definition) is 4. The van der Waals surface area contributed by atoms with Crippen molar-refractivity contribution in [1.29, 1.82) is 0 Å². The van der Waals surface area contributed by atoms with Crippen molar-refractivity contribution in [3.05, 3.63) is 48.0 Å². The molecule has 0 unspecified atom stereocenters. The number of hydrogen-bond donors (Lipinski definition) is 1. The van der Waals surface area contributed by atoms with Crippen LogP contribution >= 0.6 is 0 Å². The van der Waals surface area contributed by atoms with Crippen molar-refractivity contribution in [3.8, 4) is 0 Å². The van der Waals surface area contributed by atoms with E-state index in [9.17, 15) is 4.39 Å². The van der Waals surface area contributed by atoms with Crippen molar-refractivity contribution in [2.24, 2.45) is 0 Å². The number of halogens is 1. The molecule has 1 heterocycles. The Labute approximate surface area is 98.9 Å². The van der Waals surface area contributed by atoms with E-state index in [4.69, 9.17) is 5.73 Å². The van der Waals surface area contributed by atoms with Crippen LogP contribution in [0.4, 0.5) is 16.0 Å². The highest BCUT2D eigenvalue weighted by Crippen LogP contribution is 2.15. The van der Waals surface area contributed by atoms with Gasteiger partial charge in [-0.15, -0.1) is 0 Å². The van der Waals surface area contributed by atoms with Crippen molar-refractivity contribution in [3.63, 3.8) is 0 Å². The fraction of sp³-hybridized carbons (Fsp3) is 0.167. The molecule has 0 aliphatic rings. The lowest BCUT2D eigenvalue weighted by Crippen LogP contribution is -2.19. The minimum atomic E-state index is -0.443. The summed E-state index contributed by atoms with van der Waals surface area (Å²) in [5, 5.41) is 0. The van der Waals surface area contributed by atoms with Crippen molar-refractivity contribution >= 4 is 11.6 Å². The van der Waals surface area contributed by atoms with Gasteiger partial charge in [0.1, 0.15) is 0 Å². The first-order chi connectivity index (χ1) is 8.16. The maximum atomic E-state index is 12.7. The molecule has 5 heteroatoms. The van der Waals surface area contributed by atoms with Crippen LogP contribution in [0.25, 0.3) is 0 Å². The zero-order valence-corrected chi connectivity index (χ0v) is 9.47. The summed E-state index contributed by atoms with van der Waals surface area (Å²) < 4.78 is 12.7. The van der Waals surface area contributed by atoms with Gasteiger partial charge >= 0.3 is 0 Å². The molecule has 0 fully saturated rings. The molecule has 1 aromatic carbocycles. The SMILES string of the molecule is CN(Cc1ccccc1N)c1ncc(F)cn1. The average Bonchev–Trinajstić information content (AvgIpc) is 2.33. The molecule has 1 aromatic heterocycles. The molecular weight excluding hydrogens is 219 g/mol. The predicted octanol–water partition coefficient (Wildman–Crippen LogP) is 1.83. The molecule has 0 aliphatic heterocycles. The van der Waals surface area contributed by atoms with Gasteiger partial charge < -0.3 is 10.6 Å². The number of anilines is 2. The third-order valence-corrected chi connectivity index (χ3v) is 2.41. The highest BCUT2D eigenvalue weighted by atomic mass is 19.1. The quantitative estimate of drug-likeness (QED) is 0.820. The van der Waals surface area contributed by atoms with E-state index >= 15 is 0 Å². The molecule has 0 radical (unpaired) electrons. The van der Waals surface area contributed by atoms with Crippen molar-refractivity contribution < 1.29 is 4.39 Å². The molecular formula is C12H13FN4. The topological polar surface area (TPSA) is 55.0 Å². The highest BCUT2D eigenvalue weighted by Gasteiger charge is 2.06. The molecule has 0 aliphatic carbocycles. The molecule has 88 valence electrons. The Balaban J connectivity index is 2.14. The molecule has 2 rings (SSSR count). The van der Waals surface area contributed by atoms with Crippen LogP contribution in [-0.2, 0) is 6.54 Å². The molecule has 0 saturated heterocycles. The Morgan fingerprint density at radius 1 is 1.24 bits per heavy atom. The lowest BCUT2D eigenvalue weighted by molar-refractivity contribution is 0.612. The van der Waals surface area contributed by atoms with E-state index in [1.807, 2.05) is 36.2 Å². The van der Waals surface area contributed by atoms with Gasteiger partial charge in [0.25, 0.3) is 0 Å². The summed E-state index contributed by atoms with van der Waals surface area (Å²) >= 11 is 0. The molecule has 0 saturated carbocycles. The summed E-state index contributed by atoms with van der Waals surface area (Å²) in [6.45, 7) is 0.582. The van der Waals surface area contributed by atoms with E-state index in [1.165, 1.54) is 0 Å². The van der Waals surface area contributed by atoms with Crippen molar-refractivity contribution in [2.45, 2.75) is 6.54 Å². The van der Waals surface area contributed by atoms with E-state index in [-0.39, 0.29) is 0 Å². The first kappa shape index (κ1) is 11.3. The van der Waals surface area contributed by atoms with Gasteiger partial charge in [0, 0.05) is 19.3 Å². The number of rotatable bonds is 3. The molecule has 2 N–H and O–H groups in total. The maximum Gasteiger partial charge on any atom is 0.225 e. The molecule has 17 heavy (non-hydrogen) atoms. The standard InChI is InChI=1S/C12H13FN4/c1-17(12-15-6-10(13)7-16-12)8-9-4-2-3-5-11(9)14/h2-7H,8,14H2,1H3. The Kier molecular flexibility index (Phi) is 3.18. The van der Waals surface area contributed by atoms with E-state index in [2.05, 4.69) is 9.97 Å². The van der Waals surface area contributed by atoms with Crippen LogP contribution in [0.5, 0.6) is 0 Å². The van der Waals surface area contributed by atoms with E-state index in [1.54, 1.807) is 0 Å². The monoisotopic (exact) mass is 232 g/mol. The normalized spacial score (nSPS) is 10.2. The Hall–Kier alpha value is -2.17. The van der Waals surface area contributed by atoms with Gasteiger partial charge in [0.2, 0.25) is 5.95 Å². The van der Waals surface area contributed by atoms with Crippen LogP contribution in [0.2, 0.25) is 0 Å². The van der Waals surface area contributed by atoms with Crippen LogP contribution in [0, 0.1) is 5.82 Å². The van der Waals surface area contributed by atoms with Crippen LogP contribution in [-0.4, -0.2) is 17.0 Å². The van der Waals surface area contributed by atoms with Gasteiger partial charge in [-0.1, -0.05) is 18.2 Å². The van der Waals surface area contributed by atoms with Gasteiger partial charge in [0.05, 0.1) is 12.4 Å². The van der Waals surface area contributed by atoms with Crippen molar-refractivity contribution in [1.82, 2.24) is 9.97 Å². The van der Waals surface area contributed by atoms with E-state index in [0.717, 1.165) is 23.6 Å². The third kappa shape index (κ3) is 2.69. The average molecular weight is 232 g/mol. The van der Waals surface area contributed by atoms with E-state index < -0.39 is 5.82 Å². The second-order valence-electron chi connectivity index (χ2n) is 3.76. The molecule has 0 atom stereocenters. The van der Waals surface area contributed by atoms with Gasteiger partial charge in [-0.25, -0.2) is 14.4 Å². The number of para-hydroxylation sites is 1. The summed E-state index contributed by atoms with van der Waals surface area (Å²) in [6, 6.07) is 7.59. The third-order valence-electron chi connectivity index (χ3n) is 2.41. The largest absolute Gasteiger partial charge is 0.398 e. The number of nitrogens with zero attached hydrogens (tertiary/aromatic N) is 3. The minimum Gasteiger partial charge on any atom is -0.398 e. The van der Waals surface area contributed by atoms with Crippen LogP contribution in [0.1, 0.15) is 5.56 Å². The predicted molar refractivity (Wildman–Crippen MR) is 65.0 cm³/mol. The fourth-order valence-corrected chi connectivity index (χ4v) is 1.51. The highest BCUT2D eigenvalue weighted by molar-refractivity contribution is 5.48. The number of nitrogens with two attached hydrogens (primary N) is 1. The second-order valence-corrected chi connectivity index (χ2v) is 3.76. The first-order valence-electron chi connectivity index (χ1n) is 5.19. The van der Waals surface area contributed by atoms with Crippen LogP contribution in [0.15, 0.2) is 36.7 Å². The smallest absolute Gasteiger partial charge is 0.225 e. The zero-order chi connectivity index (χ0) is 12.3. The summed E-state index contributed by atoms with van der Waals surface area (Å²) in [5.41, 5.74) is 7.56. The lowest BCUT2D eigenvalue weighted by atomic mass is 10.2. The summed E-state index contributed by atoms with van der Waals surface area (Å²) in [4.78, 5) is 9.62. The Morgan fingerprint density at radius 2 is 1.88 bits per heavy atom. The van der Waals surface area contributed by atoms with Gasteiger partial charge in [-0.2, -0.15) is 0 Å². The minimum absolute atomic E-state index is 0.443. The summed E-state index contributed by atoms with van der Waals surface area (Å²) in [7, 11) is 1.83. The maximum absolute atomic E-state index is 12.7. The zero-order valence-electron chi connectivity index (χ0n) is 9.47. The van der Waals surface area contributed by atoms with Crippen molar-refractivity contribution in [2.75, 3.05) is 17.7 Å². The molecule has 2 aromatic rings. The fourth-order valence-electron chi connectivity index (χ4n) is 1.51. The van der Waals surface area contributed by atoms with Gasteiger partial charge in [0.15, 0.2) is 5.82 Å². The Bertz CT molecular complexity index is 498. The number of nitrogen functional groups attached to an aromatic ring is 1. The van der Waals surface area contributed by atoms with Crippen LogP contribution in [0.3, 0.4) is 0 Å². The van der Waals surface area contributed by atoms with Gasteiger partial charge in [-0.05, 0) is 11.6 Å². The molecule has 0 bridgehead atoms. The number of benzene rings is 1. The second kappa shape index (κ2) is 4.78. The van der Waals surface area contributed by atoms with E-state index in [0.29, 0.717) is 12.5 Å². The summed E-state index contributed by atoms with van der Waals surface area (Å²) in [5.74, 6) is 0.0241. The molecule has 0 amide bonds.